The van der Waals surface area contributed by atoms with Crippen molar-refractivity contribution in [3.8, 4) is 10.8 Å². The monoisotopic (exact) mass is 340 g/mol. The quantitative estimate of drug-likeness (QED) is 0.695. The van der Waals surface area contributed by atoms with Crippen LogP contribution in [-0.2, 0) is 16.1 Å². The molecule has 1 unspecified atom stereocenters. The molecule has 0 bridgehead atoms. The Hall–Kier alpha value is -2.64. The number of hydrogen-bond donors (Lipinski definition) is 1. The minimum atomic E-state index is -0.533. The van der Waals surface area contributed by atoms with E-state index < -0.39 is 6.04 Å². The zero-order valence-electron chi connectivity index (χ0n) is 13.0. The molecule has 1 aromatic carbocycles. The van der Waals surface area contributed by atoms with E-state index in [1.165, 1.54) is 18.4 Å². The highest BCUT2D eigenvalue weighted by molar-refractivity contribution is 7.13. The van der Waals surface area contributed by atoms with Gasteiger partial charge in [-0.1, -0.05) is 30.3 Å². The van der Waals surface area contributed by atoms with Crippen LogP contribution in [-0.4, -0.2) is 28.0 Å². The van der Waals surface area contributed by atoms with Crippen molar-refractivity contribution in [3.05, 3.63) is 65.4 Å². The van der Waals surface area contributed by atoms with Gasteiger partial charge in [-0.3, -0.25) is 5.32 Å². The summed E-state index contributed by atoms with van der Waals surface area (Å²) >= 11 is 1.47. The van der Waals surface area contributed by atoms with Crippen molar-refractivity contribution < 1.29 is 9.53 Å². The van der Waals surface area contributed by atoms with Crippen LogP contribution in [0.5, 0.6) is 0 Å². The second-order valence-corrected chi connectivity index (χ2v) is 5.82. The number of aromatic nitrogens is 3. The largest absolute Gasteiger partial charge is 0.468 e. The van der Waals surface area contributed by atoms with Crippen LogP contribution < -0.4 is 5.32 Å². The number of esters is 1. The van der Waals surface area contributed by atoms with Crippen molar-refractivity contribution in [1.29, 1.82) is 0 Å². The van der Waals surface area contributed by atoms with Gasteiger partial charge in [0.1, 0.15) is 6.04 Å². The molecular weight excluding hydrogens is 324 g/mol. The third kappa shape index (κ3) is 3.81. The Kier molecular flexibility index (Phi) is 5.25. The molecule has 1 N–H and O–H groups in total. The zero-order chi connectivity index (χ0) is 16.8. The van der Waals surface area contributed by atoms with Crippen LogP contribution in [0.15, 0.2) is 54.2 Å². The summed E-state index contributed by atoms with van der Waals surface area (Å²) in [6, 6.07) is 10.7. The van der Waals surface area contributed by atoms with Crippen molar-refractivity contribution in [3.63, 3.8) is 0 Å². The number of carbonyl (C=O) groups is 1. The Morgan fingerprint density at radius 1 is 1.21 bits per heavy atom. The number of ether oxygens (including phenoxy) is 1. The number of methoxy groups -OCH3 is 1. The Labute approximate surface area is 143 Å². The first-order valence-corrected chi connectivity index (χ1v) is 8.24. The summed E-state index contributed by atoms with van der Waals surface area (Å²) in [4.78, 5) is 24.9. The summed E-state index contributed by atoms with van der Waals surface area (Å²) < 4.78 is 4.89. The average molecular weight is 340 g/mol. The zero-order valence-corrected chi connectivity index (χ0v) is 13.9. The normalized spacial score (nSPS) is 11.9. The third-order valence-electron chi connectivity index (χ3n) is 3.37. The molecule has 0 fully saturated rings. The molecule has 24 heavy (non-hydrogen) atoms. The summed E-state index contributed by atoms with van der Waals surface area (Å²) in [5, 5.41) is 5.88. The first-order valence-electron chi connectivity index (χ1n) is 7.36. The smallest absolute Gasteiger partial charge is 0.327 e. The standard InChI is InChI=1S/C17H16N4O2S/c1-23-17(22)14(12-6-3-2-4-7-12)20-10-13-11-24-16(21-13)15-18-8-5-9-19-15/h2-9,11,14,20H,10H2,1H3. The van der Waals surface area contributed by atoms with Crippen LogP contribution in [0, 0.1) is 0 Å². The summed E-state index contributed by atoms with van der Waals surface area (Å²) in [5.74, 6) is 0.268. The summed E-state index contributed by atoms with van der Waals surface area (Å²) in [7, 11) is 1.38. The molecule has 2 aromatic heterocycles. The van der Waals surface area contributed by atoms with E-state index in [0.29, 0.717) is 12.4 Å². The molecule has 6 nitrogen and oxygen atoms in total. The highest BCUT2D eigenvalue weighted by Crippen LogP contribution is 2.20. The fourth-order valence-corrected chi connectivity index (χ4v) is 2.97. The first-order chi connectivity index (χ1) is 11.8. The van der Waals surface area contributed by atoms with Crippen LogP contribution in [0.1, 0.15) is 17.3 Å². The van der Waals surface area contributed by atoms with Crippen LogP contribution >= 0.6 is 11.3 Å². The molecule has 3 rings (SSSR count). The number of nitrogens with one attached hydrogen (secondary N) is 1. The molecule has 0 saturated heterocycles. The van der Waals surface area contributed by atoms with Gasteiger partial charge in [0.05, 0.1) is 12.8 Å². The lowest BCUT2D eigenvalue weighted by Crippen LogP contribution is -2.29. The molecule has 0 spiro atoms. The lowest BCUT2D eigenvalue weighted by molar-refractivity contribution is -0.143. The van der Waals surface area contributed by atoms with Crippen LogP contribution in [0.25, 0.3) is 10.8 Å². The van der Waals surface area contributed by atoms with E-state index in [-0.39, 0.29) is 5.97 Å². The molecule has 0 radical (unpaired) electrons. The van der Waals surface area contributed by atoms with E-state index in [4.69, 9.17) is 4.74 Å². The molecule has 2 heterocycles. The SMILES string of the molecule is COC(=O)C(NCc1csc(-c2ncccn2)n1)c1ccccc1. The van der Waals surface area contributed by atoms with Crippen LogP contribution in [0.2, 0.25) is 0 Å². The topological polar surface area (TPSA) is 77.0 Å². The number of thiazole rings is 1. The van der Waals surface area contributed by atoms with Gasteiger partial charge in [-0.2, -0.15) is 0 Å². The predicted octanol–water partition coefficient (Wildman–Crippen LogP) is 2.60. The maximum Gasteiger partial charge on any atom is 0.327 e. The Bertz CT molecular complexity index is 793. The second-order valence-electron chi connectivity index (χ2n) is 4.96. The Morgan fingerprint density at radius 2 is 1.96 bits per heavy atom. The van der Waals surface area contributed by atoms with Gasteiger partial charge in [-0.25, -0.2) is 19.7 Å². The lowest BCUT2D eigenvalue weighted by atomic mass is 10.1. The summed E-state index contributed by atoms with van der Waals surface area (Å²) in [5.41, 5.74) is 1.68. The fourth-order valence-electron chi connectivity index (χ4n) is 2.21. The first kappa shape index (κ1) is 16.2. The van der Waals surface area contributed by atoms with E-state index in [1.807, 2.05) is 35.7 Å². The number of carbonyl (C=O) groups excluding carboxylic acids is 1. The van der Waals surface area contributed by atoms with Gasteiger partial charge < -0.3 is 4.74 Å². The minimum Gasteiger partial charge on any atom is -0.468 e. The molecule has 7 heteroatoms. The molecular formula is C17H16N4O2S. The minimum absolute atomic E-state index is 0.331. The van der Waals surface area contributed by atoms with Crippen molar-refractivity contribution in [2.45, 2.75) is 12.6 Å². The van der Waals surface area contributed by atoms with Gasteiger partial charge in [0.25, 0.3) is 0 Å². The van der Waals surface area contributed by atoms with Crippen LogP contribution in [0.3, 0.4) is 0 Å². The molecule has 0 aliphatic heterocycles. The van der Waals surface area contributed by atoms with Gasteiger partial charge in [0.15, 0.2) is 10.8 Å². The Morgan fingerprint density at radius 3 is 2.67 bits per heavy atom. The van der Waals surface area contributed by atoms with Crippen molar-refractivity contribution in [2.24, 2.45) is 0 Å². The average Bonchev–Trinajstić information content (AvgIpc) is 3.12. The molecule has 122 valence electrons. The van der Waals surface area contributed by atoms with Gasteiger partial charge in [-0.05, 0) is 11.6 Å². The predicted molar refractivity (Wildman–Crippen MR) is 91.2 cm³/mol. The number of hydrogen-bond acceptors (Lipinski definition) is 7. The molecule has 0 amide bonds. The van der Waals surface area contributed by atoms with Crippen molar-refractivity contribution in [1.82, 2.24) is 20.3 Å². The highest BCUT2D eigenvalue weighted by atomic mass is 32.1. The third-order valence-corrected chi connectivity index (χ3v) is 4.25. The molecule has 3 aromatic rings. The van der Waals surface area contributed by atoms with E-state index in [0.717, 1.165) is 16.3 Å². The lowest BCUT2D eigenvalue weighted by Gasteiger charge is -2.16. The van der Waals surface area contributed by atoms with Crippen molar-refractivity contribution >= 4 is 17.3 Å². The van der Waals surface area contributed by atoms with Gasteiger partial charge in [0, 0.05) is 24.3 Å². The second kappa shape index (κ2) is 7.76. The number of benzene rings is 1. The maximum atomic E-state index is 12.0. The molecule has 0 aliphatic rings. The van der Waals surface area contributed by atoms with E-state index in [9.17, 15) is 4.79 Å². The number of nitrogens with zero attached hydrogens (tertiary/aromatic N) is 3. The Balaban J connectivity index is 1.71. The molecule has 0 saturated carbocycles. The van der Waals surface area contributed by atoms with Crippen molar-refractivity contribution in [2.75, 3.05) is 7.11 Å². The fraction of sp³-hybridized carbons (Fsp3) is 0.176. The van der Waals surface area contributed by atoms with E-state index in [1.54, 1.807) is 18.5 Å². The summed E-state index contributed by atoms with van der Waals surface area (Å²) in [6.45, 7) is 0.442. The highest BCUT2D eigenvalue weighted by Gasteiger charge is 2.21. The molecule has 0 aliphatic carbocycles. The maximum absolute atomic E-state index is 12.0. The van der Waals surface area contributed by atoms with E-state index in [2.05, 4.69) is 20.3 Å². The van der Waals surface area contributed by atoms with Gasteiger partial charge in [0.2, 0.25) is 0 Å². The van der Waals surface area contributed by atoms with Gasteiger partial charge >= 0.3 is 5.97 Å². The molecule has 1 atom stereocenters. The van der Waals surface area contributed by atoms with E-state index >= 15 is 0 Å². The van der Waals surface area contributed by atoms with Crippen LogP contribution in [0.4, 0.5) is 0 Å². The number of rotatable bonds is 6. The summed E-state index contributed by atoms with van der Waals surface area (Å²) in [6.07, 6.45) is 3.37. The van der Waals surface area contributed by atoms with Gasteiger partial charge in [-0.15, -0.1) is 11.3 Å².